The second kappa shape index (κ2) is 9.90. The van der Waals surface area contributed by atoms with Crippen LogP contribution in [0.25, 0.3) is 0 Å². The Kier molecular flexibility index (Phi) is 7.79. The first-order valence-electron chi connectivity index (χ1n) is 12.1. The number of hydrogen-bond donors (Lipinski definition) is 1. The fourth-order valence-corrected chi connectivity index (χ4v) is 5.44. The molecule has 2 atom stereocenters. The minimum absolute atomic E-state index is 0.312. The van der Waals surface area contributed by atoms with Gasteiger partial charge in [0.25, 0.3) is 0 Å². The highest BCUT2D eigenvalue weighted by molar-refractivity contribution is 7.91. The molecule has 200 valence electrons. The molecule has 3 rings (SSSR count). The lowest BCUT2D eigenvalue weighted by Gasteiger charge is -2.32. The van der Waals surface area contributed by atoms with Crippen molar-refractivity contribution in [1.29, 1.82) is 0 Å². The number of ether oxygens (including phenoxy) is 1. The standard InChI is InChI=1S/C23H37BN4O7S/c1-15(27-20(30)33-21(2,3)4)18(29)28-11-9-10-17(28)14-36(31,32)19-25-12-16(13-26-19)24-34-22(5,6)23(7,8)35-24/h12-13,15,17H,9-11,14H2,1-8H3,(H,27,30)/t15-,17-/m0/s1. The average molecular weight is 524 g/mol. The Labute approximate surface area is 213 Å². The zero-order valence-electron chi connectivity index (χ0n) is 22.3. The molecular formula is C23H37BN4O7S. The summed E-state index contributed by atoms with van der Waals surface area (Å²) in [5, 5.41) is 2.20. The van der Waals surface area contributed by atoms with Crippen molar-refractivity contribution in [2.45, 2.75) is 102 Å². The lowest BCUT2D eigenvalue weighted by molar-refractivity contribution is -0.133. The van der Waals surface area contributed by atoms with Crippen molar-refractivity contribution < 1.29 is 32.1 Å². The van der Waals surface area contributed by atoms with Crippen molar-refractivity contribution in [3.05, 3.63) is 12.4 Å². The second-order valence-electron chi connectivity index (χ2n) is 11.4. The Morgan fingerprint density at radius 1 is 1.19 bits per heavy atom. The average Bonchev–Trinajstić information content (AvgIpc) is 3.26. The van der Waals surface area contributed by atoms with E-state index in [1.165, 1.54) is 17.3 Å². The van der Waals surface area contributed by atoms with E-state index in [9.17, 15) is 18.0 Å². The van der Waals surface area contributed by atoms with Crippen molar-refractivity contribution in [3.8, 4) is 0 Å². The van der Waals surface area contributed by atoms with Crippen LogP contribution in [0.15, 0.2) is 17.6 Å². The molecule has 3 heterocycles. The number of carbonyl (C=O) groups is 2. The molecule has 2 aliphatic heterocycles. The number of carbonyl (C=O) groups excluding carboxylic acids is 2. The first-order valence-corrected chi connectivity index (χ1v) is 13.8. The third-order valence-corrected chi connectivity index (χ3v) is 8.22. The van der Waals surface area contributed by atoms with Gasteiger partial charge in [-0.1, -0.05) is 0 Å². The maximum atomic E-state index is 13.1. The Hall–Kier alpha value is -2.25. The van der Waals surface area contributed by atoms with E-state index in [0.29, 0.717) is 24.8 Å². The molecule has 11 nitrogen and oxygen atoms in total. The third kappa shape index (κ3) is 6.35. The van der Waals surface area contributed by atoms with Gasteiger partial charge in [-0.3, -0.25) is 4.79 Å². The topological polar surface area (TPSA) is 137 Å². The Morgan fingerprint density at radius 3 is 2.28 bits per heavy atom. The molecule has 0 aliphatic carbocycles. The minimum atomic E-state index is -3.88. The summed E-state index contributed by atoms with van der Waals surface area (Å²) in [5.74, 6) is -0.677. The number of likely N-dealkylation sites (tertiary alicyclic amines) is 1. The van der Waals surface area contributed by atoms with Gasteiger partial charge in [0, 0.05) is 30.4 Å². The van der Waals surface area contributed by atoms with Gasteiger partial charge in [0.2, 0.25) is 20.9 Å². The van der Waals surface area contributed by atoms with Crippen LogP contribution in [0.4, 0.5) is 4.79 Å². The zero-order valence-corrected chi connectivity index (χ0v) is 23.1. The van der Waals surface area contributed by atoms with Gasteiger partial charge in [0.1, 0.15) is 11.6 Å². The normalized spacial score (nSPS) is 22.4. The van der Waals surface area contributed by atoms with E-state index in [1.54, 1.807) is 27.7 Å². The molecule has 1 aromatic heterocycles. The molecule has 13 heteroatoms. The molecule has 0 saturated carbocycles. The molecule has 36 heavy (non-hydrogen) atoms. The largest absolute Gasteiger partial charge is 0.498 e. The van der Waals surface area contributed by atoms with Crippen LogP contribution in [-0.2, 0) is 28.7 Å². The van der Waals surface area contributed by atoms with Crippen molar-refractivity contribution in [3.63, 3.8) is 0 Å². The van der Waals surface area contributed by atoms with Crippen LogP contribution in [0, 0.1) is 0 Å². The van der Waals surface area contributed by atoms with Gasteiger partial charge in [0.05, 0.1) is 17.0 Å². The van der Waals surface area contributed by atoms with E-state index in [-0.39, 0.29) is 16.8 Å². The van der Waals surface area contributed by atoms with Crippen molar-refractivity contribution in [1.82, 2.24) is 20.2 Å². The van der Waals surface area contributed by atoms with Crippen molar-refractivity contribution in [2.75, 3.05) is 12.3 Å². The lowest BCUT2D eigenvalue weighted by atomic mass is 9.81. The molecular weight excluding hydrogens is 487 g/mol. The predicted molar refractivity (Wildman–Crippen MR) is 133 cm³/mol. The molecule has 0 spiro atoms. The summed E-state index contributed by atoms with van der Waals surface area (Å²) in [6, 6.07) is -1.41. The van der Waals surface area contributed by atoms with E-state index in [0.717, 1.165) is 0 Å². The van der Waals surface area contributed by atoms with Crippen molar-refractivity contribution >= 4 is 34.4 Å². The number of amides is 2. The third-order valence-electron chi connectivity index (χ3n) is 6.63. The van der Waals surface area contributed by atoms with E-state index < -0.39 is 51.9 Å². The van der Waals surface area contributed by atoms with E-state index >= 15 is 0 Å². The fraction of sp³-hybridized carbons (Fsp3) is 0.739. The van der Waals surface area contributed by atoms with Crippen LogP contribution in [0.3, 0.4) is 0 Å². The minimum Gasteiger partial charge on any atom is -0.444 e. The summed E-state index contributed by atoms with van der Waals surface area (Å²) in [6.45, 7) is 14.8. The summed E-state index contributed by atoms with van der Waals surface area (Å²) in [4.78, 5) is 34.7. The fourth-order valence-electron chi connectivity index (χ4n) is 4.01. The highest BCUT2D eigenvalue weighted by atomic mass is 32.2. The number of hydrogen-bond acceptors (Lipinski definition) is 9. The Morgan fingerprint density at radius 2 is 1.75 bits per heavy atom. The van der Waals surface area contributed by atoms with Gasteiger partial charge in [0.15, 0.2) is 0 Å². The van der Waals surface area contributed by atoms with Crippen LogP contribution >= 0.6 is 0 Å². The summed E-state index contributed by atoms with van der Waals surface area (Å²) < 4.78 is 43.3. The molecule has 0 bridgehead atoms. The first-order chi connectivity index (χ1) is 16.4. The summed E-state index contributed by atoms with van der Waals surface area (Å²) >= 11 is 0. The molecule has 2 amide bonds. The number of sulfone groups is 1. The van der Waals surface area contributed by atoms with Gasteiger partial charge in [-0.05, 0) is 68.2 Å². The van der Waals surface area contributed by atoms with E-state index in [4.69, 9.17) is 14.0 Å². The van der Waals surface area contributed by atoms with Crippen LogP contribution in [-0.4, -0.2) is 83.6 Å². The lowest BCUT2D eigenvalue weighted by Crippen LogP contribution is -2.50. The molecule has 0 unspecified atom stereocenters. The molecule has 2 aliphatic rings. The number of rotatable bonds is 6. The van der Waals surface area contributed by atoms with Crippen LogP contribution in [0.1, 0.15) is 68.2 Å². The quantitative estimate of drug-likeness (QED) is 0.433. The molecule has 2 fully saturated rings. The monoisotopic (exact) mass is 524 g/mol. The molecule has 2 saturated heterocycles. The molecule has 1 N–H and O–H groups in total. The van der Waals surface area contributed by atoms with Crippen LogP contribution in [0.5, 0.6) is 0 Å². The first kappa shape index (κ1) is 28.3. The molecule has 1 aromatic rings. The number of nitrogens with one attached hydrogen (secondary N) is 1. The molecule has 0 aromatic carbocycles. The predicted octanol–water partition coefficient (Wildman–Crippen LogP) is 1.45. The van der Waals surface area contributed by atoms with E-state index in [2.05, 4.69) is 15.3 Å². The maximum absolute atomic E-state index is 13.1. The van der Waals surface area contributed by atoms with Crippen LogP contribution < -0.4 is 10.8 Å². The Balaban J connectivity index is 1.65. The summed E-state index contributed by atoms with van der Waals surface area (Å²) in [5.41, 5.74) is -1.27. The zero-order chi connectivity index (χ0) is 27.1. The number of nitrogens with zero attached hydrogens (tertiary/aromatic N) is 3. The number of aromatic nitrogens is 2. The number of alkyl carbamates (subject to hydrolysis) is 1. The Bertz CT molecular complexity index is 1070. The SMILES string of the molecule is C[C@H](NC(=O)OC(C)(C)C)C(=O)N1CCC[C@H]1CS(=O)(=O)c1ncc(B2OC(C)(C)C(C)(C)O2)cn1. The maximum Gasteiger partial charge on any atom is 0.498 e. The van der Waals surface area contributed by atoms with Gasteiger partial charge < -0.3 is 24.3 Å². The van der Waals surface area contributed by atoms with Gasteiger partial charge in [-0.2, -0.15) is 0 Å². The van der Waals surface area contributed by atoms with Crippen LogP contribution in [0.2, 0.25) is 0 Å². The van der Waals surface area contributed by atoms with Gasteiger partial charge in [-0.15, -0.1) is 0 Å². The smallest absolute Gasteiger partial charge is 0.444 e. The second-order valence-corrected chi connectivity index (χ2v) is 13.3. The summed E-state index contributed by atoms with van der Waals surface area (Å²) in [6.07, 6.45) is 3.27. The summed E-state index contributed by atoms with van der Waals surface area (Å²) in [7, 11) is -4.58. The van der Waals surface area contributed by atoms with Crippen molar-refractivity contribution in [2.24, 2.45) is 0 Å². The van der Waals surface area contributed by atoms with Gasteiger partial charge >= 0.3 is 13.2 Å². The molecule has 0 radical (unpaired) electrons. The van der Waals surface area contributed by atoms with Gasteiger partial charge in [-0.25, -0.2) is 23.2 Å². The highest BCUT2D eigenvalue weighted by Gasteiger charge is 2.52. The van der Waals surface area contributed by atoms with E-state index in [1.807, 2.05) is 27.7 Å². The highest BCUT2D eigenvalue weighted by Crippen LogP contribution is 2.36.